The Hall–Kier alpha value is -1.95. The Morgan fingerprint density at radius 1 is 1.53 bits per heavy atom. The molecular formula is C11H11N3O2S. The van der Waals surface area contributed by atoms with E-state index in [-0.39, 0.29) is 5.56 Å². The average molecular weight is 249 g/mol. The summed E-state index contributed by atoms with van der Waals surface area (Å²) in [7, 11) is 0. The fourth-order valence-electron chi connectivity index (χ4n) is 1.31. The maximum absolute atomic E-state index is 10.8. The highest BCUT2D eigenvalue weighted by Crippen LogP contribution is 2.13. The first-order valence-electron chi connectivity index (χ1n) is 4.99. The number of carbonyl (C=O) groups is 1. The first-order valence-corrected chi connectivity index (χ1v) is 5.81. The van der Waals surface area contributed by atoms with Crippen LogP contribution in [0, 0.1) is 6.92 Å². The Labute approximate surface area is 102 Å². The molecule has 17 heavy (non-hydrogen) atoms. The Morgan fingerprint density at radius 3 is 3.00 bits per heavy atom. The third kappa shape index (κ3) is 3.01. The van der Waals surface area contributed by atoms with Gasteiger partial charge in [-0.15, -0.1) is 11.3 Å². The number of rotatable bonds is 4. The summed E-state index contributed by atoms with van der Waals surface area (Å²) in [5.74, 6) is -0.418. The lowest BCUT2D eigenvalue weighted by Gasteiger charge is -2.03. The van der Waals surface area contributed by atoms with Gasteiger partial charge in [-0.3, -0.25) is 0 Å². The number of carboxylic acids is 1. The van der Waals surface area contributed by atoms with E-state index >= 15 is 0 Å². The summed E-state index contributed by atoms with van der Waals surface area (Å²) in [6.45, 7) is 2.54. The molecule has 0 aliphatic rings. The summed E-state index contributed by atoms with van der Waals surface area (Å²) in [4.78, 5) is 20.2. The van der Waals surface area contributed by atoms with Crippen molar-refractivity contribution in [2.75, 3.05) is 5.32 Å². The van der Waals surface area contributed by atoms with Crippen molar-refractivity contribution in [3.05, 3.63) is 40.0 Å². The van der Waals surface area contributed by atoms with Crippen LogP contribution in [0.1, 0.15) is 20.2 Å². The summed E-state index contributed by atoms with van der Waals surface area (Å²) < 4.78 is 0. The monoisotopic (exact) mass is 249 g/mol. The van der Waals surface area contributed by atoms with Gasteiger partial charge in [0.2, 0.25) is 0 Å². The van der Waals surface area contributed by atoms with Gasteiger partial charge >= 0.3 is 5.97 Å². The molecule has 0 fully saturated rings. The van der Waals surface area contributed by atoms with Crippen LogP contribution in [-0.4, -0.2) is 21.0 Å². The smallest absolute Gasteiger partial charge is 0.335 e. The van der Waals surface area contributed by atoms with E-state index in [9.17, 15) is 4.79 Å². The van der Waals surface area contributed by atoms with Gasteiger partial charge in [0.15, 0.2) is 0 Å². The second-order valence-electron chi connectivity index (χ2n) is 3.45. The predicted molar refractivity (Wildman–Crippen MR) is 65.4 cm³/mol. The maximum Gasteiger partial charge on any atom is 0.335 e. The number of nitrogens with zero attached hydrogens (tertiary/aromatic N) is 2. The molecule has 2 aromatic heterocycles. The van der Waals surface area contributed by atoms with Crippen LogP contribution in [-0.2, 0) is 6.54 Å². The second kappa shape index (κ2) is 4.92. The van der Waals surface area contributed by atoms with E-state index in [1.807, 2.05) is 13.1 Å². The molecule has 2 aromatic rings. The largest absolute Gasteiger partial charge is 0.478 e. The number of pyridine rings is 1. The summed E-state index contributed by atoms with van der Waals surface area (Å²) in [6, 6.07) is 2.96. The van der Waals surface area contributed by atoms with E-state index in [4.69, 9.17) is 5.11 Å². The summed E-state index contributed by atoms with van der Waals surface area (Å²) in [5, 5.41) is 12.8. The van der Waals surface area contributed by atoms with E-state index in [0.29, 0.717) is 12.4 Å². The first kappa shape index (κ1) is 11.5. The second-order valence-corrected chi connectivity index (χ2v) is 4.77. The Morgan fingerprint density at radius 2 is 2.35 bits per heavy atom. The van der Waals surface area contributed by atoms with Crippen LogP contribution in [0.5, 0.6) is 0 Å². The molecular weight excluding hydrogens is 238 g/mol. The van der Waals surface area contributed by atoms with Gasteiger partial charge in [0.25, 0.3) is 0 Å². The molecule has 2 N–H and O–H groups in total. The Bertz CT molecular complexity index is 539. The fraction of sp³-hybridized carbons (Fsp3) is 0.182. The first-order chi connectivity index (χ1) is 8.15. The number of carboxylic acid groups (broad SMARTS) is 1. The normalized spacial score (nSPS) is 10.2. The van der Waals surface area contributed by atoms with E-state index in [0.717, 1.165) is 9.88 Å². The van der Waals surface area contributed by atoms with Crippen molar-refractivity contribution in [1.82, 2.24) is 9.97 Å². The molecule has 2 rings (SSSR count). The molecule has 0 spiro atoms. The van der Waals surface area contributed by atoms with Crippen molar-refractivity contribution < 1.29 is 9.90 Å². The highest BCUT2D eigenvalue weighted by Gasteiger charge is 2.04. The summed E-state index contributed by atoms with van der Waals surface area (Å²) in [5.41, 5.74) is 0.220. The van der Waals surface area contributed by atoms with Gasteiger partial charge in [0, 0.05) is 17.3 Å². The highest BCUT2D eigenvalue weighted by molar-refractivity contribution is 7.11. The van der Waals surface area contributed by atoms with E-state index < -0.39 is 5.97 Å². The molecule has 2 heterocycles. The zero-order valence-corrected chi connectivity index (χ0v) is 9.99. The molecule has 0 aliphatic carbocycles. The number of aromatic nitrogens is 2. The topological polar surface area (TPSA) is 75.1 Å². The van der Waals surface area contributed by atoms with E-state index in [1.54, 1.807) is 11.3 Å². The third-order valence-corrected chi connectivity index (χ3v) is 3.01. The van der Waals surface area contributed by atoms with Crippen molar-refractivity contribution >= 4 is 23.1 Å². The molecule has 0 bridgehead atoms. The minimum atomic E-state index is -0.958. The van der Waals surface area contributed by atoms with Crippen LogP contribution in [0.25, 0.3) is 0 Å². The number of aromatic carboxylic acids is 1. The van der Waals surface area contributed by atoms with Crippen molar-refractivity contribution in [1.29, 1.82) is 0 Å². The molecule has 5 nitrogen and oxygen atoms in total. The van der Waals surface area contributed by atoms with Crippen LogP contribution >= 0.6 is 11.3 Å². The number of hydrogen-bond acceptors (Lipinski definition) is 5. The van der Waals surface area contributed by atoms with E-state index in [1.165, 1.54) is 18.3 Å². The minimum Gasteiger partial charge on any atom is -0.478 e. The number of anilines is 1. The van der Waals surface area contributed by atoms with Gasteiger partial charge in [-0.05, 0) is 19.1 Å². The molecule has 0 amide bonds. The molecule has 88 valence electrons. The molecule has 0 aromatic carbocycles. The number of hydrogen-bond donors (Lipinski definition) is 2. The standard InChI is InChI=1S/C11H11N3O2S/c1-7-5-14-10(17-7)6-13-9-4-8(11(15)16)2-3-12-9/h2-5H,6H2,1H3,(H,12,13)(H,15,16). The minimum absolute atomic E-state index is 0.220. The lowest BCUT2D eigenvalue weighted by molar-refractivity contribution is 0.0697. The molecule has 0 unspecified atom stereocenters. The molecule has 0 saturated carbocycles. The summed E-state index contributed by atoms with van der Waals surface area (Å²) >= 11 is 1.60. The predicted octanol–water partition coefficient (Wildman–Crippen LogP) is 2.16. The van der Waals surface area contributed by atoms with Gasteiger partial charge in [-0.1, -0.05) is 0 Å². The quantitative estimate of drug-likeness (QED) is 0.868. The van der Waals surface area contributed by atoms with Gasteiger partial charge in [-0.2, -0.15) is 0 Å². The Balaban J connectivity index is 2.04. The van der Waals surface area contributed by atoms with E-state index in [2.05, 4.69) is 15.3 Å². The zero-order valence-electron chi connectivity index (χ0n) is 9.17. The van der Waals surface area contributed by atoms with Gasteiger partial charge < -0.3 is 10.4 Å². The maximum atomic E-state index is 10.8. The van der Waals surface area contributed by atoms with Crippen molar-refractivity contribution in [3.63, 3.8) is 0 Å². The SMILES string of the molecule is Cc1cnc(CNc2cc(C(=O)O)ccn2)s1. The molecule has 0 aliphatic heterocycles. The molecule has 0 radical (unpaired) electrons. The van der Waals surface area contributed by atoms with Crippen LogP contribution < -0.4 is 5.32 Å². The van der Waals surface area contributed by atoms with Gasteiger partial charge in [0.05, 0.1) is 12.1 Å². The number of nitrogens with one attached hydrogen (secondary N) is 1. The summed E-state index contributed by atoms with van der Waals surface area (Å²) in [6.07, 6.45) is 3.28. The average Bonchev–Trinajstić information content (AvgIpc) is 2.73. The van der Waals surface area contributed by atoms with Crippen molar-refractivity contribution in [2.45, 2.75) is 13.5 Å². The molecule has 0 saturated heterocycles. The lowest BCUT2D eigenvalue weighted by Crippen LogP contribution is -2.03. The van der Waals surface area contributed by atoms with Gasteiger partial charge in [0.1, 0.15) is 10.8 Å². The number of aryl methyl sites for hydroxylation is 1. The van der Waals surface area contributed by atoms with Crippen LogP contribution in [0.4, 0.5) is 5.82 Å². The molecule has 6 heteroatoms. The third-order valence-electron chi connectivity index (χ3n) is 2.10. The highest BCUT2D eigenvalue weighted by atomic mass is 32.1. The lowest BCUT2D eigenvalue weighted by atomic mass is 10.2. The van der Waals surface area contributed by atoms with Crippen LogP contribution in [0.3, 0.4) is 0 Å². The van der Waals surface area contributed by atoms with Gasteiger partial charge in [-0.25, -0.2) is 14.8 Å². The zero-order chi connectivity index (χ0) is 12.3. The van der Waals surface area contributed by atoms with Crippen molar-refractivity contribution in [3.8, 4) is 0 Å². The van der Waals surface area contributed by atoms with Crippen LogP contribution in [0.2, 0.25) is 0 Å². The number of thiazole rings is 1. The fourth-order valence-corrected chi connectivity index (χ4v) is 2.04. The van der Waals surface area contributed by atoms with Crippen molar-refractivity contribution in [2.24, 2.45) is 0 Å². The Kier molecular flexibility index (Phi) is 3.34. The van der Waals surface area contributed by atoms with Crippen LogP contribution in [0.15, 0.2) is 24.5 Å². The molecule has 0 atom stereocenters.